The van der Waals surface area contributed by atoms with Crippen LogP contribution in [-0.4, -0.2) is 6.17 Å². The molecule has 14 heavy (non-hydrogen) atoms. The first-order valence-corrected chi connectivity index (χ1v) is 6.70. The summed E-state index contributed by atoms with van der Waals surface area (Å²) in [5.74, 6) is 0. The molecule has 0 saturated heterocycles. The van der Waals surface area contributed by atoms with E-state index in [0.29, 0.717) is 6.42 Å². The summed E-state index contributed by atoms with van der Waals surface area (Å²) < 4.78 is 15.1. The second kappa shape index (κ2) is 3.54. The molecule has 0 radical (unpaired) electrons. The molecule has 2 N–H and O–H groups in total. The summed E-state index contributed by atoms with van der Waals surface area (Å²) in [6, 6.07) is 1.78. The van der Waals surface area contributed by atoms with Crippen LogP contribution < -0.4 is 5.73 Å². The maximum absolute atomic E-state index is 13.1. The van der Waals surface area contributed by atoms with Crippen LogP contribution in [0.5, 0.6) is 0 Å². The molecule has 3 atom stereocenters. The Morgan fingerprint density at radius 1 is 1.71 bits per heavy atom. The van der Waals surface area contributed by atoms with Gasteiger partial charge in [0.25, 0.3) is 0 Å². The summed E-state index contributed by atoms with van der Waals surface area (Å²) in [4.78, 5) is 1.03. The largest absolute Gasteiger partial charge is 0.323 e. The molecule has 1 aliphatic carbocycles. The van der Waals surface area contributed by atoms with Gasteiger partial charge in [-0.1, -0.05) is 6.92 Å². The van der Waals surface area contributed by atoms with Crippen molar-refractivity contribution in [3.8, 4) is 0 Å². The molecule has 0 bridgehead atoms. The molecule has 1 aliphatic rings. The van der Waals surface area contributed by atoms with E-state index < -0.39 is 6.17 Å². The molecule has 0 aromatic carbocycles. The van der Waals surface area contributed by atoms with Gasteiger partial charge in [0.15, 0.2) is 0 Å². The Bertz CT molecular complexity index is 348. The predicted molar refractivity (Wildman–Crippen MR) is 64.3 cm³/mol. The van der Waals surface area contributed by atoms with Crippen LogP contribution >= 0.6 is 43.2 Å². The fourth-order valence-corrected chi connectivity index (χ4v) is 3.74. The van der Waals surface area contributed by atoms with Gasteiger partial charge in [0.1, 0.15) is 6.17 Å². The molecule has 1 aromatic rings. The lowest BCUT2D eigenvalue weighted by atomic mass is 9.98. The first-order valence-electron chi connectivity index (χ1n) is 4.29. The van der Waals surface area contributed by atoms with Crippen LogP contribution in [0.1, 0.15) is 24.3 Å². The van der Waals surface area contributed by atoms with E-state index in [-0.39, 0.29) is 11.5 Å². The Kier molecular flexibility index (Phi) is 2.79. The van der Waals surface area contributed by atoms with E-state index in [1.54, 1.807) is 11.3 Å². The number of alkyl halides is 1. The third-order valence-corrected chi connectivity index (χ3v) is 6.20. The molecular formula is C9H10Br2FNS. The molecule has 78 valence electrons. The average molecular weight is 343 g/mol. The molecule has 3 unspecified atom stereocenters. The van der Waals surface area contributed by atoms with Crippen LogP contribution in [0.25, 0.3) is 0 Å². The number of rotatable bonds is 2. The molecule has 1 saturated carbocycles. The van der Waals surface area contributed by atoms with E-state index in [9.17, 15) is 4.39 Å². The van der Waals surface area contributed by atoms with Gasteiger partial charge < -0.3 is 5.73 Å². The predicted octanol–water partition coefficient (Wildman–Crippen LogP) is 4.02. The average Bonchev–Trinajstić information content (AvgIpc) is 2.58. The summed E-state index contributed by atoms with van der Waals surface area (Å²) in [5, 5.41) is 0. The van der Waals surface area contributed by atoms with Gasteiger partial charge in [-0.2, -0.15) is 0 Å². The Morgan fingerprint density at radius 2 is 2.29 bits per heavy atom. The van der Waals surface area contributed by atoms with Crippen LogP contribution in [0.15, 0.2) is 14.3 Å². The highest BCUT2D eigenvalue weighted by molar-refractivity contribution is 9.13. The molecule has 0 aliphatic heterocycles. The third kappa shape index (κ3) is 1.68. The standard InChI is InChI=1S/C9H10Br2FNS/c1-9(3-6(9)12)7(13)5-2-4(10)8(11)14-5/h2,6-7H,3,13H2,1H3. The smallest absolute Gasteiger partial charge is 0.108 e. The van der Waals surface area contributed by atoms with E-state index in [2.05, 4.69) is 31.9 Å². The lowest BCUT2D eigenvalue weighted by Crippen LogP contribution is -2.21. The van der Waals surface area contributed by atoms with Gasteiger partial charge in [-0.05, 0) is 44.3 Å². The van der Waals surface area contributed by atoms with Crippen molar-refractivity contribution < 1.29 is 4.39 Å². The first kappa shape index (κ1) is 11.0. The van der Waals surface area contributed by atoms with E-state index in [1.165, 1.54) is 0 Å². The maximum atomic E-state index is 13.1. The lowest BCUT2D eigenvalue weighted by molar-refractivity contribution is 0.335. The topological polar surface area (TPSA) is 26.0 Å². The van der Waals surface area contributed by atoms with Crippen LogP contribution in [0, 0.1) is 5.41 Å². The van der Waals surface area contributed by atoms with Crippen molar-refractivity contribution in [2.75, 3.05) is 0 Å². The monoisotopic (exact) mass is 341 g/mol. The van der Waals surface area contributed by atoms with Crippen molar-refractivity contribution >= 4 is 43.2 Å². The van der Waals surface area contributed by atoms with Crippen LogP contribution in [0.2, 0.25) is 0 Å². The zero-order chi connectivity index (χ0) is 10.5. The van der Waals surface area contributed by atoms with Crippen molar-refractivity contribution in [3.05, 3.63) is 19.2 Å². The number of hydrogen-bond donors (Lipinski definition) is 1. The third-order valence-electron chi connectivity index (χ3n) is 2.86. The molecule has 0 spiro atoms. The summed E-state index contributed by atoms with van der Waals surface area (Å²) in [6.07, 6.45) is -0.154. The normalized spacial score (nSPS) is 33.1. The quantitative estimate of drug-likeness (QED) is 0.863. The van der Waals surface area contributed by atoms with E-state index in [1.807, 2.05) is 13.0 Å². The molecular weight excluding hydrogens is 333 g/mol. The van der Waals surface area contributed by atoms with Gasteiger partial charge in [0.05, 0.1) is 3.79 Å². The van der Waals surface area contributed by atoms with Crippen LogP contribution in [0.4, 0.5) is 4.39 Å². The number of thiophene rings is 1. The van der Waals surface area contributed by atoms with Crippen molar-refractivity contribution in [1.29, 1.82) is 0 Å². The zero-order valence-electron chi connectivity index (χ0n) is 7.56. The molecule has 1 aromatic heterocycles. The lowest BCUT2D eigenvalue weighted by Gasteiger charge is -2.16. The summed E-state index contributed by atoms with van der Waals surface area (Å²) >= 11 is 8.38. The fraction of sp³-hybridized carbons (Fsp3) is 0.556. The highest BCUT2D eigenvalue weighted by atomic mass is 79.9. The second-order valence-electron chi connectivity index (χ2n) is 3.93. The van der Waals surface area contributed by atoms with Crippen LogP contribution in [0.3, 0.4) is 0 Å². The molecule has 1 fully saturated rings. The van der Waals surface area contributed by atoms with Crippen molar-refractivity contribution in [2.45, 2.75) is 25.6 Å². The molecule has 1 heterocycles. The zero-order valence-corrected chi connectivity index (χ0v) is 11.5. The van der Waals surface area contributed by atoms with E-state index in [0.717, 1.165) is 13.1 Å². The van der Waals surface area contributed by atoms with Crippen LogP contribution in [-0.2, 0) is 0 Å². The minimum atomic E-state index is -0.739. The summed E-state index contributed by atoms with van der Waals surface area (Å²) in [7, 11) is 0. The van der Waals surface area contributed by atoms with Gasteiger partial charge in [-0.25, -0.2) is 4.39 Å². The van der Waals surface area contributed by atoms with Crippen molar-refractivity contribution in [3.63, 3.8) is 0 Å². The van der Waals surface area contributed by atoms with Gasteiger partial charge in [-0.3, -0.25) is 0 Å². The molecule has 0 amide bonds. The number of nitrogens with two attached hydrogens (primary N) is 1. The summed E-state index contributed by atoms with van der Waals surface area (Å²) in [5.41, 5.74) is 5.69. The first-order chi connectivity index (χ1) is 6.45. The van der Waals surface area contributed by atoms with Gasteiger partial charge in [-0.15, -0.1) is 11.3 Å². The SMILES string of the molecule is CC1(C(N)c2cc(Br)c(Br)s2)CC1F. The molecule has 1 nitrogen and oxygen atoms in total. The fourth-order valence-electron chi connectivity index (χ4n) is 1.49. The van der Waals surface area contributed by atoms with E-state index in [4.69, 9.17) is 5.73 Å². The number of hydrogen-bond acceptors (Lipinski definition) is 2. The highest BCUT2D eigenvalue weighted by Gasteiger charge is 2.56. The van der Waals surface area contributed by atoms with Gasteiger partial charge in [0.2, 0.25) is 0 Å². The second-order valence-corrected chi connectivity index (χ2v) is 7.18. The minimum absolute atomic E-state index is 0.190. The summed E-state index contributed by atoms with van der Waals surface area (Å²) in [6.45, 7) is 1.91. The van der Waals surface area contributed by atoms with Crippen molar-refractivity contribution in [2.24, 2.45) is 11.1 Å². The Morgan fingerprint density at radius 3 is 2.64 bits per heavy atom. The Hall–Kier alpha value is 0.550. The minimum Gasteiger partial charge on any atom is -0.323 e. The van der Waals surface area contributed by atoms with Gasteiger partial charge >= 0.3 is 0 Å². The molecule has 2 rings (SSSR count). The Labute approximate surface area is 103 Å². The highest BCUT2D eigenvalue weighted by Crippen LogP contribution is 2.57. The van der Waals surface area contributed by atoms with E-state index >= 15 is 0 Å². The Balaban J connectivity index is 2.24. The number of halogens is 3. The van der Waals surface area contributed by atoms with Gasteiger partial charge in [0, 0.05) is 20.8 Å². The molecule has 5 heteroatoms. The van der Waals surface area contributed by atoms with Crippen molar-refractivity contribution in [1.82, 2.24) is 0 Å². The maximum Gasteiger partial charge on any atom is 0.108 e.